The van der Waals surface area contributed by atoms with Gasteiger partial charge in [0.2, 0.25) is 6.79 Å². The number of nitrogens with zero attached hydrogens (tertiary/aromatic N) is 1. The fourth-order valence-corrected chi connectivity index (χ4v) is 4.33. The molecule has 0 radical (unpaired) electrons. The molecule has 1 aliphatic heterocycles. The molecule has 1 amide bonds. The van der Waals surface area contributed by atoms with Crippen molar-refractivity contribution >= 4 is 23.5 Å². The van der Waals surface area contributed by atoms with E-state index >= 15 is 0 Å². The molecule has 5 nitrogen and oxygen atoms in total. The first-order valence-corrected chi connectivity index (χ1v) is 8.91. The van der Waals surface area contributed by atoms with E-state index in [-0.39, 0.29) is 12.7 Å². The monoisotopic (exact) mass is 342 g/mol. The molecule has 1 aromatic carbocycles. The van der Waals surface area contributed by atoms with Crippen LogP contribution in [0.2, 0.25) is 0 Å². The normalized spacial score (nSPS) is 18.6. The summed E-state index contributed by atoms with van der Waals surface area (Å²) in [5.74, 6) is 2.00. The Balaban J connectivity index is 1.43. The highest BCUT2D eigenvalue weighted by Gasteiger charge is 2.23. The Labute approximate surface area is 144 Å². The Kier molecular flexibility index (Phi) is 3.98. The van der Waals surface area contributed by atoms with Crippen molar-refractivity contribution in [2.24, 2.45) is 11.0 Å². The highest BCUT2D eigenvalue weighted by atomic mass is 32.1. The standard InChI is InChI=1S/C18H18N2O3S/c1-11-2-4-13-14(9-24-17(13)6-11)18(21)20-19-8-12-3-5-15-16(7-12)23-10-22-15/h3,5,7-9,11H,2,4,6,10H2,1H3,(H,20,21)/b19-8-/t11-/m1/s1. The van der Waals surface area contributed by atoms with Gasteiger partial charge in [-0.2, -0.15) is 5.10 Å². The van der Waals surface area contributed by atoms with Crippen LogP contribution in [0.1, 0.15) is 39.7 Å². The molecular formula is C18H18N2O3S. The maximum Gasteiger partial charge on any atom is 0.272 e. The summed E-state index contributed by atoms with van der Waals surface area (Å²) >= 11 is 1.68. The minimum absolute atomic E-state index is 0.140. The second-order valence-electron chi connectivity index (χ2n) is 6.21. The first-order valence-electron chi connectivity index (χ1n) is 8.03. The van der Waals surface area contributed by atoms with E-state index in [4.69, 9.17) is 9.47 Å². The van der Waals surface area contributed by atoms with E-state index in [0.717, 1.165) is 36.1 Å². The number of fused-ring (bicyclic) bond motifs is 2. The molecule has 1 aromatic heterocycles. The molecule has 1 atom stereocenters. The van der Waals surface area contributed by atoms with E-state index in [0.29, 0.717) is 11.7 Å². The molecule has 124 valence electrons. The molecule has 4 rings (SSSR count). The topological polar surface area (TPSA) is 59.9 Å². The van der Waals surface area contributed by atoms with E-state index in [2.05, 4.69) is 17.5 Å². The van der Waals surface area contributed by atoms with Gasteiger partial charge in [-0.25, -0.2) is 5.43 Å². The van der Waals surface area contributed by atoms with Crippen molar-refractivity contribution in [3.8, 4) is 11.5 Å². The third kappa shape index (κ3) is 2.89. The molecular weight excluding hydrogens is 324 g/mol. The molecule has 0 bridgehead atoms. The summed E-state index contributed by atoms with van der Waals surface area (Å²) in [4.78, 5) is 13.7. The van der Waals surface area contributed by atoms with E-state index in [1.807, 2.05) is 23.6 Å². The molecule has 6 heteroatoms. The van der Waals surface area contributed by atoms with Crippen LogP contribution in [0.3, 0.4) is 0 Å². The van der Waals surface area contributed by atoms with Crippen LogP contribution in [0.5, 0.6) is 11.5 Å². The summed E-state index contributed by atoms with van der Waals surface area (Å²) in [6.07, 6.45) is 4.81. The van der Waals surface area contributed by atoms with Crippen LogP contribution in [0, 0.1) is 5.92 Å². The molecule has 0 saturated carbocycles. The molecule has 1 aliphatic carbocycles. The Hall–Kier alpha value is -2.34. The second kappa shape index (κ2) is 6.28. The summed E-state index contributed by atoms with van der Waals surface area (Å²) < 4.78 is 10.6. The van der Waals surface area contributed by atoms with Gasteiger partial charge >= 0.3 is 0 Å². The lowest BCUT2D eigenvalue weighted by molar-refractivity contribution is 0.0954. The van der Waals surface area contributed by atoms with Crippen LogP contribution in [0.15, 0.2) is 28.7 Å². The largest absolute Gasteiger partial charge is 0.454 e. The van der Waals surface area contributed by atoms with Gasteiger partial charge in [0.15, 0.2) is 11.5 Å². The molecule has 0 fully saturated rings. The number of carbonyl (C=O) groups excluding carboxylic acids is 1. The van der Waals surface area contributed by atoms with Crippen molar-refractivity contribution in [3.05, 3.63) is 45.1 Å². The smallest absolute Gasteiger partial charge is 0.272 e. The molecule has 0 saturated heterocycles. The van der Waals surface area contributed by atoms with E-state index < -0.39 is 0 Å². The molecule has 2 aromatic rings. The minimum atomic E-state index is -0.140. The van der Waals surface area contributed by atoms with Crippen LogP contribution in [-0.4, -0.2) is 18.9 Å². The van der Waals surface area contributed by atoms with Crippen LogP contribution in [0.4, 0.5) is 0 Å². The summed E-state index contributed by atoms with van der Waals surface area (Å²) in [5.41, 5.74) is 5.45. The summed E-state index contributed by atoms with van der Waals surface area (Å²) in [7, 11) is 0. The zero-order valence-electron chi connectivity index (χ0n) is 13.4. The van der Waals surface area contributed by atoms with Crippen LogP contribution >= 0.6 is 11.3 Å². The van der Waals surface area contributed by atoms with E-state index in [1.54, 1.807) is 17.6 Å². The maximum absolute atomic E-state index is 12.4. The van der Waals surface area contributed by atoms with Gasteiger partial charge in [0, 0.05) is 10.3 Å². The van der Waals surface area contributed by atoms with E-state index in [9.17, 15) is 4.79 Å². The fraction of sp³-hybridized carbons (Fsp3) is 0.333. The number of rotatable bonds is 3. The number of hydrazone groups is 1. The quantitative estimate of drug-likeness (QED) is 0.687. The molecule has 1 N–H and O–H groups in total. The minimum Gasteiger partial charge on any atom is -0.454 e. The number of amides is 1. The Morgan fingerprint density at radius 3 is 3.17 bits per heavy atom. The Morgan fingerprint density at radius 2 is 2.25 bits per heavy atom. The highest BCUT2D eigenvalue weighted by Crippen LogP contribution is 2.33. The van der Waals surface area contributed by atoms with Gasteiger partial charge in [0.25, 0.3) is 5.91 Å². The molecule has 2 heterocycles. The second-order valence-corrected chi connectivity index (χ2v) is 7.18. The highest BCUT2D eigenvalue weighted by molar-refractivity contribution is 7.10. The average Bonchev–Trinajstić information content (AvgIpc) is 3.20. The number of hydrogen-bond donors (Lipinski definition) is 1. The molecule has 24 heavy (non-hydrogen) atoms. The first-order chi connectivity index (χ1) is 11.7. The van der Waals surface area contributed by atoms with Crippen molar-refractivity contribution in [1.82, 2.24) is 5.43 Å². The predicted octanol–water partition coefficient (Wildman–Crippen LogP) is 3.37. The SMILES string of the molecule is C[C@@H]1CCc2c(C(=O)N/N=C\c3ccc4c(c3)OCO4)csc2C1. The summed E-state index contributed by atoms with van der Waals surface area (Å²) in [6.45, 7) is 2.51. The summed E-state index contributed by atoms with van der Waals surface area (Å²) in [5, 5.41) is 6.02. The third-order valence-electron chi connectivity index (χ3n) is 4.42. The maximum atomic E-state index is 12.4. The van der Waals surface area contributed by atoms with Crippen molar-refractivity contribution in [1.29, 1.82) is 0 Å². The third-order valence-corrected chi connectivity index (χ3v) is 5.47. The van der Waals surface area contributed by atoms with Gasteiger partial charge in [-0.3, -0.25) is 4.79 Å². The van der Waals surface area contributed by atoms with Crippen LogP contribution in [-0.2, 0) is 12.8 Å². The zero-order valence-corrected chi connectivity index (χ0v) is 14.2. The van der Waals surface area contributed by atoms with Crippen LogP contribution < -0.4 is 14.9 Å². The number of carbonyl (C=O) groups is 1. The van der Waals surface area contributed by atoms with Gasteiger partial charge in [-0.1, -0.05) is 6.92 Å². The zero-order chi connectivity index (χ0) is 16.5. The molecule has 0 unspecified atom stereocenters. The number of nitrogens with one attached hydrogen (secondary N) is 1. The van der Waals surface area contributed by atoms with Crippen molar-refractivity contribution in [3.63, 3.8) is 0 Å². The number of thiophene rings is 1. The Bertz CT molecular complexity index is 813. The number of ether oxygens (including phenoxy) is 2. The fourth-order valence-electron chi connectivity index (χ4n) is 3.09. The number of hydrogen-bond acceptors (Lipinski definition) is 5. The van der Waals surface area contributed by atoms with Gasteiger partial charge in [0.05, 0.1) is 11.8 Å². The Morgan fingerprint density at radius 1 is 1.38 bits per heavy atom. The van der Waals surface area contributed by atoms with Gasteiger partial charge in [-0.15, -0.1) is 11.3 Å². The van der Waals surface area contributed by atoms with Crippen molar-refractivity contribution < 1.29 is 14.3 Å². The number of benzene rings is 1. The average molecular weight is 342 g/mol. The van der Waals surface area contributed by atoms with Gasteiger partial charge < -0.3 is 9.47 Å². The van der Waals surface area contributed by atoms with Gasteiger partial charge in [0.1, 0.15) is 0 Å². The van der Waals surface area contributed by atoms with Crippen molar-refractivity contribution in [2.75, 3.05) is 6.79 Å². The van der Waals surface area contributed by atoms with Crippen molar-refractivity contribution in [2.45, 2.75) is 26.2 Å². The summed E-state index contributed by atoms with van der Waals surface area (Å²) in [6, 6.07) is 5.55. The lowest BCUT2D eigenvalue weighted by atomic mass is 9.88. The first kappa shape index (κ1) is 15.2. The lowest BCUT2D eigenvalue weighted by Gasteiger charge is -2.18. The molecule has 2 aliphatic rings. The lowest BCUT2D eigenvalue weighted by Crippen LogP contribution is -2.20. The van der Waals surface area contributed by atoms with Crippen LogP contribution in [0.25, 0.3) is 0 Å². The predicted molar refractivity (Wildman–Crippen MR) is 93.1 cm³/mol. The van der Waals surface area contributed by atoms with Gasteiger partial charge in [-0.05, 0) is 54.5 Å². The van der Waals surface area contributed by atoms with E-state index in [1.165, 1.54) is 10.4 Å². The molecule has 0 spiro atoms.